The summed E-state index contributed by atoms with van der Waals surface area (Å²) in [6, 6.07) is 8.32. The van der Waals surface area contributed by atoms with Crippen molar-refractivity contribution in [2.45, 2.75) is 18.9 Å². The van der Waals surface area contributed by atoms with Gasteiger partial charge in [-0.3, -0.25) is 20.2 Å². The monoisotopic (exact) mass is 412 g/mol. The van der Waals surface area contributed by atoms with E-state index in [-0.39, 0.29) is 17.3 Å². The van der Waals surface area contributed by atoms with Crippen molar-refractivity contribution in [3.05, 3.63) is 46.0 Å². The molecule has 0 atom stereocenters. The van der Waals surface area contributed by atoms with Crippen LogP contribution in [0.5, 0.6) is 11.5 Å². The Bertz CT molecular complexity index is 1100. The van der Waals surface area contributed by atoms with Crippen molar-refractivity contribution in [1.29, 1.82) is 0 Å². The van der Waals surface area contributed by atoms with Crippen molar-refractivity contribution in [2.24, 2.45) is 0 Å². The first-order valence-corrected chi connectivity index (χ1v) is 9.95. The zero-order chi connectivity index (χ0) is 20.0. The minimum Gasteiger partial charge on any atom is -0.486 e. The van der Waals surface area contributed by atoms with Gasteiger partial charge in [-0.2, -0.15) is 0 Å². The molecule has 1 aliphatic carbocycles. The highest BCUT2D eigenvalue weighted by Gasteiger charge is 2.26. The number of carbonyl (C=O) groups is 1. The predicted molar refractivity (Wildman–Crippen MR) is 108 cm³/mol. The average Bonchev–Trinajstić information content (AvgIpc) is 3.44. The summed E-state index contributed by atoms with van der Waals surface area (Å²) < 4.78 is 12.0. The van der Waals surface area contributed by atoms with Gasteiger partial charge in [-0.15, -0.1) is 0 Å². The first-order valence-electron chi connectivity index (χ1n) is 9.13. The van der Waals surface area contributed by atoms with E-state index in [1.807, 2.05) is 6.07 Å². The Labute approximate surface area is 168 Å². The molecule has 10 heteroatoms. The van der Waals surface area contributed by atoms with Crippen LogP contribution in [0.25, 0.3) is 10.2 Å². The fraction of sp³-hybridized carbons (Fsp3) is 0.263. The van der Waals surface area contributed by atoms with Gasteiger partial charge in [0.15, 0.2) is 16.6 Å². The highest BCUT2D eigenvalue weighted by molar-refractivity contribution is 7.22. The molecular formula is C19H16N4O5S. The number of benzene rings is 2. The van der Waals surface area contributed by atoms with Crippen LogP contribution in [0.15, 0.2) is 30.3 Å². The first-order chi connectivity index (χ1) is 14.1. The summed E-state index contributed by atoms with van der Waals surface area (Å²) in [7, 11) is 0. The standard InChI is InChI=1S/C19H16N4O5S/c24-18(10-1-4-12(20-11-2-3-11)14(7-10)23(25)26)22-19-21-13-8-15-16(9-17(13)29-19)28-6-5-27-15/h1,4,7-9,11,20H,2-3,5-6H2,(H,21,22,24). The molecule has 0 bridgehead atoms. The number of rotatable bonds is 5. The van der Waals surface area contributed by atoms with E-state index in [1.54, 1.807) is 18.2 Å². The number of ether oxygens (including phenoxy) is 2. The molecule has 2 aliphatic rings. The van der Waals surface area contributed by atoms with E-state index in [1.165, 1.54) is 17.4 Å². The number of hydrogen-bond donors (Lipinski definition) is 2. The van der Waals surface area contributed by atoms with E-state index >= 15 is 0 Å². The number of aromatic nitrogens is 1. The number of thiazole rings is 1. The first kappa shape index (κ1) is 17.7. The largest absolute Gasteiger partial charge is 0.486 e. The number of nitro benzene ring substituents is 1. The minimum absolute atomic E-state index is 0.115. The molecule has 2 aromatic carbocycles. The number of carbonyl (C=O) groups excluding carboxylic acids is 1. The second kappa shape index (κ2) is 6.89. The summed E-state index contributed by atoms with van der Waals surface area (Å²) in [6.07, 6.45) is 1.99. The number of nitro groups is 1. The highest BCUT2D eigenvalue weighted by atomic mass is 32.1. The van der Waals surface area contributed by atoms with Crippen molar-refractivity contribution in [3.8, 4) is 11.5 Å². The van der Waals surface area contributed by atoms with Gasteiger partial charge in [0.05, 0.1) is 15.1 Å². The van der Waals surface area contributed by atoms with Crippen LogP contribution in [0.2, 0.25) is 0 Å². The maximum Gasteiger partial charge on any atom is 0.293 e. The SMILES string of the molecule is O=C(Nc1nc2cc3c(cc2s1)OCCO3)c1ccc(NC2CC2)c([N+](=O)[O-])c1. The summed E-state index contributed by atoms with van der Waals surface area (Å²) >= 11 is 1.30. The summed E-state index contributed by atoms with van der Waals surface area (Å²) in [6.45, 7) is 0.974. The Morgan fingerprint density at radius 3 is 2.66 bits per heavy atom. The van der Waals surface area contributed by atoms with Crippen LogP contribution in [0, 0.1) is 10.1 Å². The third-order valence-corrected chi connectivity index (χ3v) is 5.60. The molecule has 0 spiro atoms. The van der Waals surface area contributed by atoms with Crippen molar-refractivity contribution < 1.29 is 19.2 Å². The lowest BCUT2D eigenvalue weighted by Crippen LogP contribution is -2.15. The van der Waals surface area contributed by atoms with Crippen molar-refractivity contribution in [2.75, 3.05) is 23.8 Å². The van der Waals surface area contributed by atoms with Gasteiger partial charge in [-0.05, 0) is 25.0 Å². The van der Waals surface area contributed by atoms with Gasteiger partial charge >= 0.3 is 0 Å². The zero-order valence-corrected chi connectivity index (χ0v) is 16.0. The number of hydrogen-bond acceptors (Lipinski definition) is 8. The van der Waals surface area contributed by atoms with Crippen LogP contribution in [-0.4, -0.2) is 35.1 Å². The van der Waals surface area contributed by atoms with Crippen molar-refractivity contribution >= 4 is 44.0 Å². The van der Waals surface area contributed by atoms with E-state index < -0.39 is 10.8 Å². The highest BCUT2D eigenvalue weighted by Crippen LogP contribution is 2.38. The second-order valence-electron chi connectivity index (χ2n) is 6.84. The van der Waals surface area contributed by atoms with Crippen molar-refractivity contribution in [3.63, 3.8) is 0 Å². The second-order valence-corrected chi connectivity index (χ2v) is 7.88. The average molecular weight is 412 g/mol. The molecule has 0 radical (unpaired) electrons. The Hall–Kier alpha value is -3.40. The molecule has 1 aliphatic heterocycles. The van der Waals surface area contributed by atoms with E-state index in [0.717, 1.165) is 17.5 Å². The molecule has 148 valence electrons. The van der Waals surface area contributed by atoms with E-state index in [2.05, 4.69) is 15.6 Å². The third kappa shape index (κ3) is 3.54. The molecule has 1 aromatic heterocycles. The van der Waals surface area contributed by atoms with Crippen LogP contribution in [-0.2, 0) is 0 Å². The van der Waals surface area contributed by atoms with Gasteiger partial charge in [-0.1, -0.05) is 11.3 Å². The summed E-state index contributed by atoms with van der Waals surface area (Å²) in [5.74, 6) is 0.823. The lowest BCUT2D eigenvalue weighted by Gasteiger charge is -2.17. The maximum atomic E-state index is 12.6. The lowest BCUT2D eigenvalue weighted by molar-refractivity contribution is -0.384. The van der Waals surface area contributed by atoms with Gasteiger partial charge in [0, 0.05) is 29.8 Å². The summed E-state index contributed by atoms with van der Waals surface area (Å²) in [4.78, 5) is 28.0. The molecule has 5 rings (SSSR count). The van der Waals surface area contributed by atoms with Crippen LogP contribution < -0.4 is 20.1 Å². The quantitative estimate of drug-likeness (QED) is 0.484. The van der Waals surface area contributed by atoms with E-state index in [0.29, 0.717) is 41.0 Å². The fourth-order valence-corrected chi connectivity index (χ4v) is 3.95. The number of nitrogens with zero attached hydrogens (tertiary/aromatic N) is 2. The predicted octanol–water partition coefficient (Wildman–Crippen LogP) is 3.80. The van der Waals surface area contributed by atoms with Crippen LogP contribution >= 0.6 is 11.3 Å². The molecule has 0 saturated heterocycles. The Balaban J connectivity index is 1.39. The van der Waals surface area contributed by atoms with Crippen LogP contribution in [0.1, 0.15) is 23.2 Å². The van der Waals surface area contributed by atoms with Gasteiger partial charge in [-0.25, -0.2) is 4.98 Å². The van der Waals surface area contributed by atoms with Gasteiger partial charge in [0.2, 0.25) is 0 Å². The topological polar surface area (TPSA) is 116 Å². The molecule has 1 saturated carbocycles. The molecule has 1 amide bonds. The molecular weight excluding hydrogens is 396 g/mol. The zero-order valence-electron chi connectivity index (χ0n) is 15.1. The molecule has 29 heavy (non-hydrogen) atoms. The molecule has 3 aromatic rings. The Morgan fingerprint density at radius 1 is 1.17 bits per heavy atom. The Morgan fingerprint density at radius 2 is 1.93 bits per heavy atom. The van der Waals surface area contributed by atoms with E-state index in [9.17, 15) is 14.9 Å². The number of anilines is 2. The van der Waals surface area contributed by atoms with E-state index in [4.69, 9.17) is 9.47 Å². The van der Waals surface area contributed by atoms with Gasteiger partial charge in [0.1, 0.15) is 18.9 Å². The molecule has 2 heterocycles. The third-order valence-electron chi connectivity index (χ3n) is 4.67. The number of amides is 1. The van der Waals surface area contributed by atoms with Crippen LogP contribution in [0.4, 0.5) is 16.5 Å². The molecule has 9 nitrogen and oxygen atoms in total. The van der Waals surface area contributed by atoms with Crippen LogP contribution in [0.3, 0.4) is 0 Å². The summed E-state index contributed by atoms with van der Waals surface area (Å²) in [5, 5.41) is 17.6. The molecule has 1 fully saturated rings. The van der Waals surface area contributed by atoms with Gasteiger partial charge in [0.25, 0.3) is 11.6 Å². The van der Waals surface area contributed by atoms with Gasteiger partial charge < -0.3 is 14.8 Å². The lowest BCUT2D eigenvalue weighted by atomic mass is 10.1. The van der Waals surface area contributed by atoms with Crippen molar-refractivity contribution in [1.82, 2.24) is 4.98 Å². The summed E-state index contributed by atoms with van der Waals surface area (Å²) in [5.41, 5.74) is 1.20. The Kier molecular flexibility index (Phi) is 4.20. The minimum atomic E-state index is -0.482. The fourth-order valence-electron chi connectivity index (χ4n) is 3.08. The maximum absolute atomic E-state index is 12.6. The number of nitrogens with one attached hydrogen (secondary N) is 2. The molecule has 2 N–H and O–H groups in total. The molecule has 0 unspecified atom stereocenters. The normalized spacial score (nSPS) is 15.2. The smallest absolute Gasteiger partial charge is 0.293 e. The number of fused-ring (bicyclic) bond motifs is 2.